The van der Waals surface area contributed by atoms with E-state index in [9.17, 15) is 0 Å². The molecule has 2 aromatic rings. The lowest BCUT2D eigenvalue weighted by Gasteiger charge is -2.08. The largest absolute Gasteiger partial charge is 0.368 e. The first-order chi connectivity index (χ1) is 7.65. The normalized spacial score (nSPS) is 10.1. The molecule has 0 spiro atoms. The lowest BCUT2D eigenvalue weighted by atomic mass is 10.3. The van der Waals surface area contributed by atoms with Gasteiger partial charge in [0.1, 0.15) is 5.82 Å². The van der Waals surface area contributed by atoms with Crippen molar-refractivity contribution in [2.24, 2.45) is 0 Å². The van der Waals surface area contributed by atoms with E-state index in [-0.39, 0.29) is 5.95 Å². The van der Waals surface area contributed by atoms with Crippen LogP contribution < -0.4 is 11.1 Å². The van der Waals surface area contributed by atoms with E-state index in [1.165, 1.54) is 3.57 Å². The third-order valence-electron chi connectivity index (χ3n) is 2.10. The van der Waals surface area contributed by atoms with Crippen LogP contribution in [0.1, 0.15) is 5.56 Å². The predicted octanol–water partition coefficient (Wildman–Crippen LogP) is 2.72. The molecule has 0 aliphatic heterocycles. The summed E-state index contributed by atoms with van der Waals surface area (Å²) in [5.41, 5.74) is 7.49. The van der Waals surface area contributed by atoms with Gasteiger partial charge in [-0.05, 0) is 53.8 Å². The maximum Gasteiger partial charge on any atom is 0.221 e. The number of nitrogens with zero attached hydrogens (tertiary/aromatic N) is 2. The number of benzene rings is 1. The Balaban J connectivity index is 2.26. The summed E-state index contributed by atoms with van der Waals surface area (Å²) in [4.78, 5) is 8.06. The zero-order valence-corrected chi connectivity index (χ0v) is 10.9. The van der Waals surface area contributed by atoms with Gasteiger partial charge >= 0.3 is 0 Å². The third-order valence-corrected chi connectivity index (χ3v) is 2.82. The molecule has 3 N–H and O–H groups in total. The average molecular weight is 326 g/mol. The first kappa shape index (κ1) is 11.1. The van der Waals surface area contributed by atoms with Crippen molar-refractivity contribution in [1.82, 2.24) is 9.97 Å². The molecule has 0 radical (unpaired) electrons. The molecule has 0 fully saturated rings. The number of hydrogen-bond donors (Lipinski definition) is 2. The molecule has 5 heteroatoms. The van der Waals surface area contributed by atoms with Gasteiger partial charge in [-0.2, -0.15) is 4.98 Å². The minimum atomic E-state index is 0.276. The maximum atomic E-state index is 5.54. The minimum absolute atomic E-state index is 0.276. The molecule has 2 rings (SSSR count). The molecule has 16 heavy (non-hydrogen) atoms. The molecule has 1 aromatic carbocycles. The van der Waals surface area contributed by atoms with Crippen molar-refractivity contribution in [2.45, 2.75) is 6.92 Å². The SMILES string of the molecule is Cc1cnc(N)nc1Nc1ccc(I)cc1. The zero-order valence-electron chi connectivity index (χ0n) is 8.74. The van der Waals surface area contributed by atoms with E-state index < -0.39 is 0 Å². The van der Waals surface area contributed by atoms with Gasteiger partial charge in [-0.15, -0.1) is 0 Å². The minimum Gasteiger partial charge on any atom is -0.368 e. The lowest BCUT2D eigenvalue weighted by Crippen LogP contribution is -2.01. The van der Waals surface area contributed by atoms with E-state index in [1.54, 1.807) is 6.20 Å². The van der Waals surface area contributed by atoms with Crippen LogP contribution in [-0.4, -0.2) is 9.97 Å². The summed E-state index contributed by atoms with van der Waals surface area (Å²) in [5, 5.41) is 3.21. The number of hydrogen-bond acceptors (Lipinski definition) is 4. The summed E-state index contributed by atoms with van der Waals surface area (Å²) < 4.78 is 1.20. The van der Waals surface area contributed by atoms with E-state index in [0.717, 1.165) is 17.1 Å². The van der Waals surface area contributed by atoms with Crippen LogP contribution in [0.15, 0.2) is 30.5 Å². The van der Waals surface area contributed by atoms with Gasteiger partial charge < -0.3 is 11.1 Å². The third kappa shape index (κ3) is 2.60. The van der Waals surface area contributed by atoms with Gasteiger partial charge in [-0.1, -0.05) is 0 Å². The van der Waals surface area contributed by atoms with Crippen molar-refractivity contribution < 1.29 is 0 Å². The van der Waals surface area contributed by atoms with Gasteiger partial charge in [0.15, 0.2) is 0 Å². The highest BCUT2D eigenvalue weighted by atomic mass is 127. The van der Waals surface area contributed by atoms with Gasteiger partial charge in [0.25, 0.3) is 0 Å². The summed E-state index contributed by atoms with van der Waals surface area (Å²) in [5.74, 6) is 1.02. The Hall–Kier alpha value is -1.37. The molecule has 0 bridgehead atoms. The molecule has 0 aliphatic carbocycles. The fourth-order valence-corrected chi connectivity index (χ4v) is 1.61. The van der Waals surface area contributed by atoms with Crippen molar-refractivity contribution in [2.75, 3.05) is 11.1 Å². The average Bonchev–Trinajstić information content (AvgIpc) is 2.27. The second-order valence-electron chi connectivity index (χ2n) is 3.39. The fourth-order valence-electron chi connectivity index (χ4n) is 1.25. The van der Waals surface area contributed by atoms with Crippen LogP contribution in [-0.2, 0) is 0 Å². The van der Waals surface area contributed by atoms with Crippen molar-refractivity contribution in [1.29, 1.82) is 0 Å². The van der Waals surface area contributed by atoms with Crippen LogP contribution in [0.2, 0.25) is 0 Å². The molecule has 0 atom stereocenters. The Morgan fingerprint density at radius 3 is 2.62 bits per heavy atom. The van der Waals surface area contributed by atoms with Gasteiger partial charge in [0.2, 0.25) is 5.95 Å². The van der Waals surface area contributed by atoms with Gasteiger partial charge in [0, 0.05) is 21.0 Å². The number of aromatic nitrogens is 2. The van der Waals surface area contributed by atoms with Gasteiger partial charge in [0.05, 0.1) is 0 Å². The number of halogens is 1. The highest BCUT2D eigenvalue weighted by Crippen LogP contribution is 2.19. The van der Waals surface area contributed by atoms with Crippen LogP contribution >= 0.6 is 22.6 Å². The number of anilines is 3. The molecule has 0 unspecified atom stereocenters. The number of nitrogen functional groups attached to an aromatic ring is 1. The number of nitrogens with two attached hydrogens (primary N) is 1. The van der Waals surface area contributed by atoms with Crippen molar-refractivity contribution in [3.63, 3.8) is 0 Å². The van der Waals surface area contributed by atoms with Crippen LogP contribution in [0, 0.1) is 10.5 Å². The Bertz CT molecular complexity index is 496. The van der Waals surface area contributed by atoms with E-state index >= 15 is 0 Å². The second-order valence-corrected chi connectivity index (χ2v) is 4.64. The molecule has 82 valence electrons. The Kier molecular flexibility index (Phi) is 3.23. The zero-order chi connectivity index (χ0) is 11.5. The smallest absolute Gasteiger partial charge is 0.221 e. The monoisotopic (exact) mass is 326 g/mol. The van der Waals surface area contributed by atoms with Crippen LogP contribution in [0.5, 0.6) is 0 Å². The van der Waals surface area contributed by atoms with Crippen LogP contribution in [0.3, 0.4) is 0 Å². The van der Waals surface area contributed by atoms with E-state index in [0.29, 0.717) is 0 Å². The molecule has 4 nitrogen and oxygen atoms in total. The van der Waals surface area contributed by atoms with Crippen LogP contribution in [0.25, 0.3) is 0 Å². The van der Waals surface area contributed by atoms with Crippen LogP contribution in [0.4, 0.5) is 17.5 Å². The fraction of sp³-hybridized carbons (Fsp3) is 0.0909. The van der Waals surface area contributed by atoms with Crippen molar-refractivity contribution >= 4 is 40.0 Å². The highest BCUT2D eigenvalue weighted by molar-refractivity contribution is 14.1. The highest BCUT2D eigenvalue weighted by Gasteiger charge is 2.01. The first-order valence-electron chi connectivity index (χ1n) is 4.77. The topological polar surface area (TPSA) is 63.8 Å². The second kappa shape index (κ2) is 4.65. The lowest BCUT2D eigenvalue weighted by molar-refractivity contribution is 1.15. The van der Waals surface area contributed by atoms with E-state index in [2.05, 4.69) is 37.9 Å². The van der Waals surface area contributed by atoms with E-state index in [1.807, 2.05) is 31.2 Å². The van der Waals surface area contributed by atoms with Gasteiger partial charge in [-0.3, -0.25) is 0 Å². The summed E-state index contributed by atoms with van der Waals surface area (Å²) in [6, 6.07) is 8.06. The summed E-state index contributed by atoms with van der Waals surface area (Å²) in [7, 11) is 0. The Morgan fingerprint density at radius 2 is 1.94 bits per heavy atom. The van der Waals surface area contributed by atoms with E-state index in [4.69, 9.17) is 5.73 Å². The molecule has 1 heterocycles. The van der Waals surface area contributed by atoms with Crippen molar-refractivity contribution in [3.8, 4) is 0 Å². The summed E-state index contributed by atoms with van der Waals surface area (Å²) >= 11 is 2.27. The summed E-state index contributed by atoms with van der Waals surface area (Å²) in [6.45, 7) is 1.94. The number of aryl methyl sites for hydroxylation is 1. The summed E-state index contributed by atoms with van der Waals surface area (Å²) in [6.07, 6.45) is 1.71. The van der Waals surface area contributed by atoms with Gasteiger partial charge in [-0.25, -0.2) is 4.98 Å². The molecular weight excluding hydrogens is 315 g/mol. The Morgan fingerprint density at radius 1 is 1.25 bits per heavy atom. The molecule has 0 aliphatic rings. The maximum absolute atomic E-state index is 5.54. The standard InChI is InChI=1S/C11H11IN4/c1-7-6-14-11(13)16-10(7)15-9-4-2-8(12)3-5-9/h2-6H,1H3,(H3,13,14,15,16). The number of nitrogens with one attached hydrogen (secondary N) is 1. The number of rotatable bonds is 2. The Labute approximate surface area is 107 Å². The molecule has 0 amide bonds. The quantitative estimate of drug-likeness (QED) is 0.833. The molecule has 1 aromatic heterocycles. The first-order valence-corrected chi connectivity index (χ1v) is 5.85. The molecular formula is C11H11IN4. The predicted molar refractivity (Wildman–Crippen MR) is 73.6 cm³/mol. The molecule has 0 saturated carbocycles. The molecule has 0 saturated heterocycles. The van der Waals surface area contributed by atoms with Crippen molar-refractivity contribution in [3.05, 3.63) is 39.6 Å².